The zero-order chi connectivity index (χ0) is 10.6. The summed E-state index contributed by atoms with van der Waals surface area (Å²) in [5.74, 6) is 0. The predicted octanol–water partition coefficient (Wildman–Crippen LogP) is 2.19. The lowest BCUT2D eigenvalue weighted by Gasteiger charge is -2.27. The highest BCUT2D eigenvalue weighted by Gasteiger charge is 2.31. The van der Waals surface area contributed by atoms with E-state index in [-0.39, 0.29) is 0 Å². The maximum Gasteiger partial charge on any atom is 0.0774 e. The van der Waals surface area contributed by atoms with Crippen LogP contribution in [0.15, 0.2) is 11.6 Å². The zero-order valence-electron chi connectivity index (χ0n) is 9.71. The summed E-state index contributed by atoms with van der Waals surface area (Å²) < 4.78 is 0. The molecule has 0 aliphatic heterocycles. The maximum absolute atomic E-state index is 10.2. The molecular weight excluding hydrogens is 174 g/mol. The number of likely N-dealkylation sites (N-methyl/N-ethyl adjacent to an activating group) is 1. The lowest BCUT2D eigenvalue weighted by atomic mass is 10.0. The van der Waals surface area contributed by atoms with Crippen LogP contribution in [0.1, 0.15) is 39.5 Å². The average Bonchev–Trinajstić information content (AvgIpc) is 2.48. The first-order chi connectivity index (χ1) is 6.52. The van der Waals surface area contributed by atoms with Gasteiger partial charge in [-0.15, -0.1) is 0 Å². The number of nitrogens with zero attached hydrogens (tertiary/aromatic N) is 1. The van der Waals surface area contributed by atoms with Crippen molar-refractivity contribution >= 4 is 0 Å². The van der Waals surface area contributed by atoms with Crippen molar-refractivity contribution in [2.75, 3.05) is 20.1 Å². The van der Waals surface area contributed by atoms with Crippen LogP contribution in [0.5, 0.6) is 0 Å². The first kappa shape index (κ1) is 11.7. The van der Waals surface area contributed by atoms with E-state index in [0.29, 0.717) is 0 Å². The van der Waals surface area contributed by atoms with Gasteiger partial charge in [0.25, 0.3) is 0 Å². The number of aliphatic hydroxyl groups is 1. The molecule has 0 radical (unpaired) electrons. The first-order valence-electron chi connectivity index (χ1n) is 5.56. The smallest absolute Gasteiger partial charge is 0.0774 e. The molecule has 0 aromatic rings. The number of hydrogen-bond acceptors (Lipinski definition) is 2. The van der Waals surface area contributed by atoms with Crippen LogP contribution in [0.25, 0.3) is 0 Å². The van der Waals surface area contributed by atoms with E-state index in [9.17, 15) is 5.11 Å². The van der Waals surface area contributed by atoms with E-state index in [1.807, 2.05) is 0 Å². The van der Waals surface area contributed by atoms with Gasteiger partial charge in [-0.2, -0.15) is 0 Å². The standard InChI is InChI=1S/C12H23NO/c1-11(2)6-9-13(3)10-12(14)7-4-5-8-12/h6,14H,4-5,7-10H2,1-3H3. The van der Waals surface area contributed by atoms with Crippen molar-refractivity contribution in [2.45, 2.75) is 45.1 Å². The molecule has 1 N–H and O–H groups in total. The number of rotatable bonds is 4. The van der Waals surface area contributed by atoms with E-state index < -0.39 is 5.60 Å². The van der Waals surface area contributed by atoms with Crippen LogP contribution in [0, 0.1) is 0 Å². The molecule has 0 unspecified atom stereocenters. The molecule has 0 atom stereocenters. The summed E-state index contributed by atoms with van der Waals surface area (Å²) >= 11 is 0. The van der Waals surface area contributed by atoms with Gasteiger partial charge in [0.1, 0.15) is 0 Å². The molecule has 0 saturated heterocycles. The molecule has 14 heavy (non-hydrogen) atoms. The zero-order valence-corrected chi connectivity index (χ0v) is 9.71. The van der Waals surface area contributed by atoms with Crippen LogP contribution in [0.4, 0.5) is 0 Å². The lowest BCUT2D eigenvalue weighted by Crippen LogP contribution is -2.39. The largest absolute Gasteiger partial charge is 0.389 e. The highest BCUT2D eigenvalue weighted by Crippen LogP contribution is 2.29. The Hall–Kier alpha value is -0.340. The second-order valence-electron chi connectivity index (χ2n) is 4.91. The van der Waals surface area contributed by atoms with Crippen LogP contribution in [-0.2, 0) is 0 Å². The van der Waals surface area contributed by atoms with Gasteiger partial charge in [-0.3, -0.25) is 4.90 Å². The van der Waals surface area contributed by atoms with E-state index in [4.69, 9.17) is 0 Å². The fourth-order valence-corrected chi connectivity index (χ4v) is 2.10. The van der Waals surface area contributed by atoms with Gasteiger partial charge in [0.15, 0.2) is 0 Å². The third kappa shape index (κ3) is 3.81. The Labute approximate surface area is 87.6 Å². The van der Waals surface area contributed by atoms with Crippen molar-refractivity contribution in [3.8, 4) is 0 Å². The highest BCUT2D eigenvalue weighted by molar-refractivity contribution is 4.96. The Morgan fingerprint density at radius 3 is 2.43 bits per heavy atom. The SMILES string of the molecule is CC(C)=CCN(C)CC1(O)CCCC1. The van der Waals surface area contributed by atoms with Crippen molar-refractivity contribution in [2.24, 2.45) is 0 Å². The molecule has 82 valence electrons. The van der Waals surface area contributed by atoms with Crippen molar-refractivity contribution in [1.29, 1.82) is 0 Å². The maximum atomic E-state index is 10.2. The van der Waals surface area contributed by atoms with Gasteiger partial charge in [-0.1, -0.05) is 24.5 Å². The monoisotopic (exact) mass is 197 g/mol. The third-order valence-corrected chi connectivity index (χ3v) is 2.91. The molecule has 0 amide bonds. The van der Waals surface area contributed by atoms with E-state index in [2.05, 4.69) is 31.9 Å². The summed E-state index contributed by atoms with van der Waals surface area (Å²) in [6, 6.07) is 0. The van der Waals surface area contributed by atoms with Crippen LogP contribution < -0.4 is 0 Å². The minimum absolute atomic E-state index is 0.399. The number of hydrogen-bond donors (Lipinski definition) is 1. The summed E-state index contributed by atoms with van der Waals surface area (Å²) in [5.41, 5.74) is 0.944. The van der Waals surface area contributed by atoms with Gasteiger partial charge in [0.2, 0.25) is 0 Å². The van der Waals surface area contributed by atoms with Crippen molar-refractivity contribution in [1.82, 2.24) is 4.90 Å². The summed E-state index contributed by atoms with van der Waals surface area (Å²) in [6.07, 6.45) is 6.54. The molecule has 0 heterocycles. The molecule has 1 aliphatic carbocycles. The average molecular weight is 197 g/mol. The van der Waals surface area contributed by atoms with Crippen molar-refractivity contribution < 1.29 is 5.11 Å². The minimum atomic E-state index is -0.399. The molecule has 2 heteroatoms. The Kier molecular flexibility index (Phi) is 4.14. The van der Waals surface area contributed by atoms with Crippen molar-refractivity contribution in [3.63, 3.8) is 0 Å². The molecule has 1 aliphatic rings. The Balaban J connectivity index is 2.32. The first-order valence-corrected chi connectivity index (χ1v) is 5.56. The van der Waals surface area contributed by atoms with E-state index >= 15 is 0 Å². The van der Waals surface area contributed by atoms with Gasteiger partial charge in [-0.25, -0.2) is 0 Å². The van der Waals surface area contributed by atoms with E-state index in [0.717, 1.165) is 25.9 Å². The van der Waals surface area contributed by atoms with Crippen molar-refractivity contribution in [3.05, 3.63) is 11.6 Å². The third-order valence-electron chi connectivity index (χ3n) is 2.91. The second kappa shape index (κ2) is 4.94. The molecule has 2 nitrogen and oxygen atoms in total. The molecular formula is C12H23NO. The minimum Gasteiger partial charge on any atom is -0.389 e. The van der Waals surface area contributed by atoms with Gasteiger partial charge in [0, 0.05) is 13.1 Å². The van der Waals surface area contributed by atoms with Crippen LogP contribution >= 0.6 is 0 Å². The molecule has 1 fully saturated rings. The van der Waals surface area contributed by atoms with Crippen LogP contribution in [0.2, 0.25) is 0 Å². The number of allylic oxidation sites excluding steroid dienone is 1. The highest BCUT2D eigenvalue weighted by atomic mass is 16.3. The van der Waals surface area contributed by atoms with Crippen LogP contribution in [-0.4, -0.2) is 35.7 Å². The van der Waals surface area contributed by atoms with Gasteiger partial charge < -0.3 is 5.11 Å². The molecule has 0 aromatic carbocycles. The van der Waals surface area contributed by atoms with Gasteiger partial charge in [0.05, 0.1) is 5.60 Å². The Bertz CT molecular complexity index is 200. The molecule has 0 spiro atoms. The fraction of sp³-hybridized carbons (Fsp3) is 0.833. The Morgan fingerprint density at radius 1 is 1.36 bits per heavy atom. The van der Waals surface area contributed by atoms with Crippen LogP contribution in [0.3, 0.4) is 0 Å². The molecule has 0 bridgehead atoms. The van der Waals surface area contributed by atoms with Gasteiger partial charge in [-0.05, 0) is 33.7 Å². The topological polar surface area (TPSA) is 23.5 Å². The molecule has 1 rings (SSSR count). The Morgan fingerprint density at radius 2 is 1.93 bits per heavy atom. The van der Waals surface area contributed by atoms with E-state index in [1.54, 1.807) is 0 Å². The molecule has 0 aromatic heterocycles. The van der Waals surface area contributed by atoms with E-state index in [1.165, 1.54) is 18.4 Å². The fourth-order valence-electron chi connectivity index (χ4n) is 2.10. The summed E-state index contributed by atoms with van der Waals surface area (Å²) in [4.78, 5) is 2.21. The summed E-state index contributed by atoms with van der Waals surface area (Å²) in [5, 5.41) is 10.2. The summed E-state index contributed by atoms with van der Waals surface area (Å²) in [6.45, 7) is 5.98. The normalized spacial score (nSPS) is 20.1. The second-order valence-corrected chi connectivity index (χ2v) is 4.91. The summed E-state index contributed by atoms with van der Waals surface area (Å²) in [7, 11) is 2.08. The van der Waals surface area contributed by atoms with Gasteiger partial charge >= 0.3 is 0 Å². The molecule has 1 saturated carbocycles. The predicted molar refractivity (Wildman–Crippen MR) is 60.3 cm³/mol. The quantitative estimate of drug-likeness (QED) is 0.698. The lowest BCUT2D eigenvalue weighted by molar-refractivity contribution is 0.0191.